The first kappa shape index (κ1) is 22.0. The molecule has 1 aliphatic rings. The topological polar surface area (TPSA) is 147 Å². The number of guanidine groups is 1. The van der Waals surface area contributed by atoms with Gasteiger partial charge in [-0.05, 0) is 37.8 Å². The van der Waals surface area contributed by atoms with Gasteiger partial charge in [0.1, 0.15) is 17.2 Å². The molecule has 1 fully saturated rings. The standard InChI is InChI=1S/C20H28N6O3S/c1-12(27)26-11-5-8-15(26)18(29)24-14(7-4-10-23-20(21)22)17(28)19-25-13-6-2-3-9-16(13)30-19/h2-3,6,9,14-15,17,28H,4-5,7-8,10-11H2,1H3,(H,24,29)(H4,21,22,23)/t14-,15-,17?/m0/s1. The number of para-hydroxylation sites is 1. The zero-order valence-electron chi connectivity index (χ0n) is 17.0. The van der Waals surface area contributed by atoms with Crippen LogP contribution in [-0.2, 0) is 9.59 Å². The smallest absolute Gasteiger partial charge is 0.243 e. The Hall–Kier alpha value is -2.72. The van der Waals surface area contributed by atoms with Gasteiger partial charge in [-0.3, -0.25) is 14.6 Å². The number of hydrogen-bond donors (Lipinski definition) is 4. The second-order valence-corrected chi connectivity index (χ2v) is 8.46. The summed E-state index contributed by atoms with van der Waals surface area (Å²) in [5.74, 6) is -0.372. The third-order valence-electron chi connectivity index (χ3n) is 5.20. The molecule has 0 aliphatic carbocycles. The van der Waals surface area contributed by atoms with Gasteiger partial charge in [0.15, 0.2) is 5.96 Å². The predicted octanol–water partition coefficient (Wildman–Crippen LogP) is 0.879. The van der Waals surface area contributed by atoms with Crippen molar-refractivity contribution in [3.8, 4) is 0 Å². The number of nitrogens with two attached hydrogens (primary N) is 2. The zero-order chi connectivity index (χ0) is 21.7. The van der Waals surface area contributed by atoms with Crippen molar-refractivity contribution in [3.05, 3.63) is 29.3 Å². The number of aromatic nitrogens is 1. The largest absolute Gasteiger partial charge is 0.384 e. The Labute approximate surface area is 179 Å². The van der Waals surface area contributed by atoms with Gasteiger partial charge in [0, 0.05) is 20.0 Å². The van der Waals surface area contributed by atoms with Gasteiger partial charge in [-0.15, -0.1) is 11.3 Å². The summed E-state index contributed by atoms with van der Waals surface area (Å²) in [6, 6.07) is 6.56. The summed E-state index contributed by atoms with van der Waals surface area (Å²) in [5, 5.41) is 14.5. The molecule has 2 aromatic rings. The normalized spacial score (nSPS) is 18.2. The van der Waals surface area contributed by atoms with Crippen molar-refractivity contribution in [2.24, 2.45) is 16.5 Å². The molecule has 3 atom stereocenters. The van der Waals surface area contributed by atoms with Gasteiger partial charge in [0.25, 0.3) is 0 Å². The molecule has 0 radical (unpaired) electrons. The van der Waals surface area contributed by atoms with Crippen LogP contribution < -0.4 is 16.8 Å². The third-order valence-corrected chi connectivity index (χ3v) is 6.31. The summed E-state index contributed by atoms with van der Waals surface area (Å²) in [7, 11) is 0. The molecule has 1 unspecified atom stereocenters. The number of aliphatic hydroxyl groups is 1. The number of benzene rings is 1. The molecule has 0 spiro atoms. The van der Waals surface area contributed by atoms with Crippen molar-refractivity contribution in [1.29, 1.82) is 0 Å². The molecule has 6 N–H and O–H groups in total. The fourth-order valence-electron chi connectivity index (χ4n) is 3.71. The van der Waals surface area contributed by atoms with Crippen LogP contribution in [0.3, 0.4) is 0 Å². The van der Waals surface area contributed by atoms with E-state index in [1.54, 1.807) is 4.90 Å². The van der Waals surface area contributed by atoms with Crippen molar-refractivity contribution < 1.29 is 14.7 Å². The minimum Gasteiger partial charge on any atom is -0.384 e. The molecule has 30 heavy (non-hydrogen) atoms. The lowest BCUT2D eigenvalue weighted by Gasteiger charge is -2.27. The van der Waals surface area contributed by atoms with Crippen LogP contribution in [0, 0.1) is 0 Å². The lowest BCUT2D eigenvalue weighted by Crippen LogP contribution is -2.49. The zero-order valence-corrected chi connectivity index (χ0v) is 17.8. The molecule has 1 aromatic carbocycles. The van der Waals surface area contributed by atoms with E-state index in [0.717, 1.165) is 16.6 Å². The summed E-state index contributed by atoms with van der Waals surface area (Å²) in [5.41, 5.74) is 11.6. The number of rotatable bonds is 8. The molecule has 10 heteroatoms. The number of aliphatic hydroxyl groups excluding tert-OH is 1. The van der Waals surface area contributed by atoms with Crippen LogP contribution in [-0.4, -0.2) is 57.9 Å². The van der Waals surface area contributed by atoms with Gasteiger partial charge in [0.2, 0.25) is 11.8 Å². The van der Waals surface area contributed by atoms with Crippen molar-refractivity contribution in [2.75, 3.05) is 13.1 Å². The summed E-state index contributed by atoms with van der Waals surface area (Å²) in [6.07, 6.45) is 1.47. The minimum absolute atomic E-state index is 0.00497. The summed E-state index contributed by atoms with van der Waals surface area (Å²) < 4.78 is 0.968. The molecule has 0 bridgehead atoms. The summed E-state index contributed by atoms with van der Waals surface area (Å²) in [4.78, 5) is 34.8. The summed E-state index contributed by atoms with van der Waals surface area (Å²) in [6.45, 7) is 2.43. The first-order valence-corrected chi connectivity index (χ1v) is 10.8. The Kier molecular flexibility index (Phi) is 7.22. The summed E-state index contributed by atoms with van der Waals surface area (Å²) >= 11 is 1.40. The molecule has 162 valence electrons. The Bertz CT molecular complexity index is 893. The SMILES string of the molecule is CC(=O)N1CCC[C@H]1C(=O)N[C@@H](CCCN=C(N)N)C(O)c1nc2ccccc2s1. The highest BCUT2D eigenvalue weighted by molar-refractivity contribution is 7.18. The van der Waals surface area contributed by atoms with Crippen molar-refractivity contribution in [1.82, 2.24) is 15.2 Å². The minimum atomic E-state index is -0.974. The first-order valence-electron chi connectivity index (χ1n) is 10.0. The maximum absolute atomic E-state index is 12.9. The highest BCUT2D eigenvalue weighted by Gasteiger charge is 2.35. The van der Waals surface area contributed by atoms with Gasteiger partial charge in [-0.1, -0.05) is 12.1 Å². The van der Waals surface area contributed by atoms with E-state index in [9.17, 15) is 14.7 Å². The monoisotopic (exact) mass is 432 g/mol. The van der Waals surface area contributed by atoms with E-state index >= 15 is 0 Å². The molecule has 2 amide bonds. The Morgan fingerprint density at radius 2 is 2.17 bits per heavy atom. The lowest BCUT2D eigenvalue weighted by molar-refractivity contribution is -0.137. The molecule has 0 saturated carbocycles. The number of carbonyl (C=O) groups is 2. The average molecular weight is 433 g/mol. The Balaban J connectivity index is 1.75. The number of nitrogens with one attached hydrogen (secondary N) is 1. The third kappa shape index (κ3) is 5.25. The number of fused-ring (bicyclic) bond motifs is 1. The molecule has 1 aromatic heterocycles. The van der Waals surface area contributed by atoms with Gasteiger partial charge in [0.05, 0.1) is 16.3 Å². The quantitative estimate of drug-likeness (QED) is 0.277. The highest BCUT2D eigenvalue weighted by atomic mass is 32.1. The van der Waals surface area contributed by atoms with Crippen LogP contribution in [0.15, 0.2) is 29.3 Å². The van der Waals surface area contributed by atoms with Crippen molar-refractivity contribution in [2.45, 2.75) is 50.8 Å². The van der Waals surface area contributed by atoms with E-state index in [0.29, 0.717) is 37.4 Å². The van der Waals surface area contributed by atoms with E-state index in [1.165, 1.54) is 18.3 Å². The van der Waals surface area contributed by atoms with Gasteiger partial charge < -0.3 is 26.8 Å². The molecule has 9 nitrogen and oxygen atoms in total. The first-order chi connectivity index (χ1) is 14.4. The lowest BCUT2D eigenvalue weighted by atomic mass is 10.0. The van der Waals surface area contributed by atoms with Crippen LogP contribution in [0.5, 0.6) is 0 Å². The van der Waals surface area contributed by atoms with Crippen LogP contribution in [0.1, 0.15) is 43.7 Å². The van der Waals surface area contributed by atoms with Gasteiger partial charge in [-0.2, -0.15) is 0 Å². The molecule has 3 rings (SSSR count). The van der Waals surface area contributed by atoms with Crippen LogP contribution >= 0.6 is 11.3 Å². The van der Waals surface area contributed by atoms with E-state index in [1.807, 2.05) is 24.3 Å². The maximum Gasteiger partial charge on any atom is 0.243 e. The number of aliphatic imine (C=N–C) groups is 1. The van der Waals surface area contributed by atoms with Crippen LogP contribution in [0.25, 0.3) is 10.2 Å². The van der Waals surface area contributed by atoms with E-state index in [4.69, 9.17) is 11.5 Å². The fourth-order valence-corrected chi connectivity index (χ4v) is 4.73. The Morgan fingerprint density at radius 3 is 2.87 bits per heavy atom. The molecule has 1 aliphatic heterocycles. The number of thiazole rings is 1. The van der Waals surface area contributed by atoms with Gasteiger partial charge in [-0.25, -0.2) is 4.98 Å². The fraction of sp³-hybridized carbons (Fsp3) is 0.500. The van der Waals surface area contributed by atoms with E-state index in [-0.39, 0.29) is 17.8 Å². The number of hydrogen-bond acceptors (Lipinski definition) is 6. The molecular weight excluding hydrogens is 404 g/mol. The molecule has 2 heterocycles. The number of nitrogens with zero attached hydrogens (tertiary/aromatic N) is 3. The van der Waals surface area contributed by atoms with Crippen molar-refractivity contribution in [3.63, 3.8) is 0 Å². The number of likely N-dealkylation sites (tertiary alicyclic amines) is 1. The van der Waals surface area contributed by atoms with Crippen molar-refractivity contribution >= 4 is 39.3 Å². The highest BCUT2D eigenvalue weighted by Crippen LogP contribution is 2.29. The maximum atomic E-state index is 12.9. The molecule has 1 saturated heterocycles. The predicted molar refractivity (Wildman–Crippen MR) is 117 cm³/mol. The van der Waals surface area contributed by atoms with Crippen LogP contribution in [0.4, 0.5) is 0 Å². The van der Waals surface area contributed by atoms with E-state index in [2.05, 4.69) is 15.3 Å². The Morgan fingerprint density at radius 1 is 1.40 bits per heavy atom. The number of amides is 2. The number of carbonyl (C=O) groups excluding carboxylic acids is 2. The second-order valence-electron chi connectivity index (χ2n) is 7.40. The second kappa shape index (κ2) is 9.86. The van der Waals surface area contributed by atoms with Crippen LogP contribution in [0.2, 0.25) is 0 Å². The van der Waals surface area contributed by atoms with E-state index < -0.39 is 18.2 Å². The average Bonchev–Trinajstić information content (AvgIpc) is 3.36. The van der Waals surface area contributed by atoms with Gasteiger partial charge >= 0.3 is 0 Å². The molecular formula is C20H28N6O3S.